The van der Waals surface area contributed by atoms with E-state index >= 15 is 0 Å². The van der Waals surface area contributed by atoms with E-state index in [1.165, 1.54) is 12.1 Å². The van der Waals surface area contributed by atoms with Gasteiger partial charge in [0.2, 0.25) is 5.91 Å². The molecule has 1 aliphatic rings. The molecule has 1 heterocycles. The lowest BCUT2D eigenvalue weighted by Gasteiger charge is -2.31. The molecule has 1 aliphatic heterocycles. The molecule has 1 aromatic carbocycles. The summed E-state index contributed by atoms with van der Waals surface area (Å²) in [6.07, 6.45) is 0. The first kappa shape index (κ1) is 11.4. The summed E-state index contributed by atoms with van der Waals surface area (Å²) in [5, 5.41) is 3.10. The summed E-state index contributed by atoms with van der Waals surface area (Å²) in [6.45, 7) is 3.10. The molecule has 1 atom stereocenters. The molecule has 2 rings (SSSR count). The Morgan fingerprint density at radius 1 is 1.56 bits per heavy atom. The number of anilines is 1. The van der Waals surface area contributed by atoms with Crippen molar-refractivity contribution < 1.29 is 9.18 Å². The van der Waals surface area contributed by atoms with Crippen LogP contribution < -0.4 is 10.2 Å². The van der Waals surface area contributed by atoms with Gasteiger partial charge in [-0.3, -0.25) is 4.79 Å². The van der Waals surface area contributed by atoms with Crippen molar-refractivity contribution in [2.75, 3.05) is 18.0 Å². The van der Waals surface area contributed by atoms with Crippen molar-refractivity contribution in [3.8, 4) is 0 Å². The second-order valence-electron chi connectivity index (χ2n) is 3.76. The van der Waals surface area contributed by atoms with Crippen molar-refractivity contribution in [3.05, 3.63) is 29.0 Å². The largest absolute Gasteiger partial charge is 0.310 e. The van der Waals surface area contributed by atoms with E-state index < -0.39 is 5.82 Å². The van der Waals surface area contributed by atoms with Gasteiger partial charge in [-0.15, -0.1) is 0 Å². The highest BCUT2D eigenvalue weighted by molar-refractivity contribution is 6.31. The monoisotopic (exact) mass is 242 g/mol. The van der Waals surface area contributed by atoms with Gasteiger partial charge in [0, 0.05) is 18.8 Å². The molecule has 0 bridgehead atoms. The summed E-state index contributed by atoms with van der Waals surface area (Å²) in [5.41, 5.74) is 0.643. The molecular formula is C11H12ClFN2O. The predicted octanol–water partition coefficient (Wildman–Crippen LogP) is 1.80. The molecule has 3 nitrogen and oxygen atoms in total. The zero-order chi connectivity index (χ0) is 11.7. The number of amides is 1. The van der Waals surface area contributed by atoms with E-state index in [2.05, 4.69) is 5.32 Å². The Morgan fingerprint density at radius 3 is 3.00 bits per heavy atom. The Labute approximate surface area is 98.2 Å². The molecule has 1 unspecified atom stereocenters. The number of hydrogen-bond donors (Lipinski definition) is 1. The summed E-state index contributed by atoms with van der Waals surface area (Å²) < 4.78 is 13.0. The SMILES string of the molecule is CC1NCCN(c2ccc(F)c(Cl)c2)C1=O. The van der Waals surface area contributed by atoms with Crippen LogP contribution in [0.15, 0.2) is 18.2 Å². The van der Waals surface area contributed by atoms with Gasteiger partial charge in [0.1, 0.15) is 5.82 Å². The molecule has 1 amide bonds. The second-order valence-corrected chi connectivity index (χ2v) is 4.17. The van der Waals surface area contributed by atoms with Crippen LogP contribution in [-0.2, 0) is 4.79 Å². The van der Waals surface area contributed by atoms with Gasteiger partial charge in [0.15, 0.2) is 0 Å². The predicted molar refractivity (Wildman–Crippen MR) is 61.2 cm³/mol. The Kier molecular flexibility index (Phi) is 3.12. The number of benzene rings is 1. The first-order chi connectivity index (χ1) is 7.59. The van der Waals surface area contributed by atoms with E-state index in [0.29, 0.717) is 12.2 Å². The maximum absolute atomic E-state index is 13.0. The maximum Gasteiger partial charge on any atom is 0.243 e. The number of carbonyl (C=O) groups is 1. The van der Waals surface area contributed by atoms with Crippen LogP contribution >= 0.6 is 11.6 Å². The van der Waals surface area contributed by atoms with Crippen LogP contribution in [0.25, 0.3) is 0 Å². The molecule has 86 valence electrons. The molecule has 16 heavy (non-hydrogen) atoms. The van der Waals surface area contributed by atoms with Crippen molar-refractivity contribution in [2.45, 2.75) is 13.0 Å². The third-order valence-electron chi connectivity index (χ3n) is 2.64. The van der Waals surface area contributed by atoms with Gasteiger partial charge in [0.05, 0.1) is 11.1 Å². The first-order valence-corrected chi connectivity index (χ1v) is 5.47. The minimum absolute atomic E-state index is 0.0195. The number of halogens is 2. The molecule has 1 N–H and O–H groups in total. The molecule has 5 heteroatoms. The molecular weight excluding hydrogens is 231 g/mol. The van der Waals surface area contributed by atoms with Gasteiger partial charge < -0.3 is 10.2 Å². The smallest absolute Gasteiger partial charge is 0.243 e. The number of nitrogens with zero attached hydrogens (tertiary/aromatic N) is 1. The van der Waals surface area contributed by atoms with Crippen molar-refractivity contribution in [3.63, 3.8) is 0 Å². The molecule has 0 aliphatic carbocycles. The molecule has 1 aromatic rings. The second kappa shape index (κ2) is 4.39. The zero-order valence-electron chi connectivity index (χ0n) is 8.84. The van der Waals surface area contributed by atoms with Crippen LogP contribution in [0.3, 0.4) is 0 Å². The number of hydrogen-bond acceptors (Lipinski definition) is 2. The van der Waals surface area contributed by atoms with Crippen LogP contribution in [0.4, 0.5) is 10.1 Å². The maximum atomic E-state index is 13.0. The number of rotatable bonds is 1. The van der Waals surface area contributed by atoms with Gasteiger partial charge in [-0.1, -0.05) is 11.6 Å². The third-order valence-corrected chi connectivity index (χ3v) is 2.93. The normalized spacial score (nSPS) is 21.3. The van der Waals surface area contributed by atoms with Gasteiger partial charge in [-0.2, -0.15) is 0 Å². The lowest BCUT2D eigenvalue weighted by molar-refractivity contribution is -0.121. The fraction of sp³-hybridized carbons (Fsp3) is 0.364. The summed E-state index contributed by atoms with van der Waals surface area (Å²) in [7, 11) is 0. The van der Waals surface area contributed by atoms with Gasteiger partial charge in [-0.25, -0.2) is 4.39 Å². The van der Waals surface area contributed by atoms with E-state index in [1.807, 2.05) is 0 Å². The fourth-order valence-electron chi connectivity index (χ4n) is 1.73. The quantitative estimate of drug-likeness (QED) is 0.815. The Bertz CT molecular complexity index is 424. The van der Waals surface area contributed by atoms with E-state index in [-0.39, 0.29) is 17.0 Å². The molecule has 0 saturated carbocycles. The molecule has 1 saturated heterocycles. The van der Waals surface area contributed by atoms with Crippen molar-refractivity contribution in [2.24, 2.45) is 0 Å². The topological polar surface area (TPSA) is 32.3 Å². The third kappa shape index (κ3) is 2.03. The van der Waals surface area contributed by atoms with Gasteiger partial charge >= 0.3 is 0 Å². The highest BCUT2D eigenvalue weighted by atomic mass is 35.5. The fourth-order valence-corrected chi connectivity index (χ4v) is 1.91. The van der Waals surface area contributed by atoms with Crippen molar-refractivity contribution in [1.82, 2.24) is 5.32 Å². The van der Waals surface area contributed by atoms with Crippen LogP contribution in [0.5, 0.6) is 0 Å². The summed E-state index contributed by atoms with van der Waals surface area (Å²) in [5.74, 6) is -0.491. The minimum atomic E-state index is -0.471. The molecule has 0 radical (unpaired) electrons. The Hall–Kier alpha value is -1.13. The molecule has 1 fully saturated rings. The lowest BCUT2D eigenvalue weighted by Crippen LogP contribution is -2.53. The number of nitrogens with one attached hydrogen (secondary N) is 1. The summed E-state index contributed by atoms with van der Waals surface area (Å²) in [4.78, 5) is 13.5. The van der Waals surface area contributed by atoms with Crippen LogP contribution in [0, 0.1) is 5.82 Å². The zero-order valence-corrected chi connectivity index (χ0v) is 9.59. The van der Waals surface area contributed by atoms with Gasteiger partial charge in [-0.05, 0) is 25.1 Å². The van der Waals surface area contributed by atoms with Crippen LogP contribution in [0.2, 0.25) is 5.02 Å². The first-order valence-electron chi connectivity index (χ1n) is 5.09. The average Bonchev–Trinajstić information content (AvgIpc) is 2.26. The standard InChI is InChI=1S/C11H12ClFN2O/c1-7-11(16)15(5-4-14-7)8-2-3-10(13)9(12)6-8/h2-3,6-7,14H,4-5H2,1H3. The highest BCUT2D eigenvalue weighted by Gasteiger charge is 2.25. The van der Waals surface area contributed by atoms with Crippen LogP contribution in [-0.4, -0.2) is 25.0 Å². The Morgan fingerprint density at radius 2 is 2.31 bits per heavy atom. The molecule has 0 spiro atoms. The van der Waals surface area contributed by atoms with Gasteiger partial charge in [0.25, 0.3) is 0 Å². The van der Waals surface area contributed by atoms with Crippen LogP contribution in [0.1, 0.15) is 6.92 Å². The molecule has 0 aromatic heterocycles. The summed E-state index contributed by atoms with van der Waals surface area (Å²) in [6, 6.07) is 4.11. The van der Waals surface area contributed by atoms with E-state index in [9.17, 15) is 9.18 Å². The number of carbonyl (C=O) groups excluding carboxylic acids is 1. The number of piperazine rings is 1. The highest BCUT2D eigenvalue weighted by Crippen LogP contribution is 2.23. The van der Waals surface area contributed by atoms with E-state index in [0.717, 1.165) is 6.54 Å². The van der Waals surface area contributed by atoms with E-state index in [1.54, 1.807) is 17.9 Å². The van der Waals surface area contributed by atoms with Crippen molar-refractivity contribution in [1.29, 1.82) is 0 Å². The Balaban J connectivity index is 2.29. The van der Waals surface area contributed by atoms with E-state index in [4.69, 9.17) is 11.6 Å². The minimum Gasteiger partial charge on any atom is -0.310 e. The lowest BCUT2D eigenvalue weighted by atomic mass is 10.2. The van der Waals surface area contributed by atoms with Crippen molar-refractivity contribution >= 4 is 23.2 Å². The summed E-state index contributed by atoms with van der Waals surface area (Å²) >= 11 is 5.69. The average molecular weight is 243 g/mol.